The summed E-state index contributed by atoms with van der Waals surface area (Å²) < 4.78 is 5.58. The summed E-state index contributed by atoms with van der Waals surface area (Å²) in [5.41, 5.74) is 0.145. The van der Waals surface area contributed by atoms with Crippen LogP contribution >= 0.6 is 0 Å². The van der Waals surface area contributed by atoms with E-state index in [-0.39, 0.29) is 17.2 Å². The van der Waals surface area contributed by atoms with Gasteiger partial charge in [-0.25, -0.2) is 0 Å². The smallest absolute Gasteiger partial charge is 0.224 e. The van der Waals surface area contributed by atoms with E-state index < -0.39 is 0 Å². The summed E-state index contributed by atoms with van der Waals surface area (Å²) in [7, 11) is 1.79. The molecular formula is C15H28N2O2. The molecule has 0 bridgehead atoms. The van der Waals surface area contributed by atoms with Gasteiger partial charge in [0.2, 0.25) is 5.91 Å². The number of hydrogen-bond acceptors (Lipinski definition) is 3. The quantitative estimate of drug-likeness (QED) is 0.798. The number of carbonyl (C=O) groups is 1. The van der Waals surface area contributed by atoms with E-state index in [0.717, 1.165) is 45.2 Å². The number of amides is 1. The Morgan fingerprint density at radius 2 is 2.16 bits per heavy atom. The monoisotopic (exact) mass is 268 g/mol. The molecular weight excluding hydrogens is 240 g/mol. The average Bonchev–Trinajstić information content (AvgIpc) is 2.45. The van der Waals surface area contributed by atoms with Crippen molar-refractivity contribution in [3.05, 3.63) is 0 Å². The lowest BCUT2D eigenvalue weighted by Crippen LogP contribution is -2.65. The van der Waals surface area contributed by atoms with Gasteiger partial charge in [-0.15, -0.1) is 0 Å². The Bertz CT molecular complexity index is 309. The third-order valence-corrected chi connectivity index (χ3v) is 5.37. The normalized spacial score (nSPS) is 33.5. The minimum atomic E-state index is 0.145. The molecule has 4 heteroatoms. The number of rotatable bonds is 5. The second-order valence-corrected chi connectivity index (χ2v) is 6.00. The first-order chi connectivity index (χ1) is 9.17. The fourth-order valence-corrected chi connectivity index (χ4v) is 3.84. The Hall–Kier alpha value is -0.610. The van der Waals surface area contributed by atoms with Crippen LogP contribution in [0.15, 0.2) is 0 Å². The number of hydrogen-bond donors (Lipinski definition) is 2. The number of carbonyl (C=O) groups excluding carboxylic acids is 1. The second-order valence-electron chi connectivity index (χ2n) is 6.00. The van der Waals surface area contributed by atoms with Gasteiger partial charge in [0.05, 0.1) is 12.0 Å². The predicted molar refractivity (Wildman–Crippen MR) is 76.0 cm³/mol. The topological polar surface area (TPSA) is 50.4 Å². The van der Waals surface area contributed by atoms with Crippen molar-refractivity contribution in [3.8, 4) is 0 Å². The van der Waals surface area contributed by atoms with Gasteiger partial charge >= 0.3 is 0 Å². The molecule has 2 fully saturated rings. The maximum Gasteiger partial charge on any atom is 0.224 e. The van der Waals surface area contributed by atoms with Crippen LogP contribution in [-0.2, 0) is 9.53 Å². The molecule has 2 aliphatic rings. The van der Waals surface area contributed by atoms with Gasteiger partial charge in [-0.1, -0.05) is 13.8 Å². The van der Waals surface area contributed by atoms with Crippen LogP contribution in [0.25, 0.3) is 0 Å². The summed E-state index contributed by atoms with van der Waals surface area (Å²) in [5.74, 6) is 0.389. The number of nitrogens with one attached hydrogen (secondary N) is 2. The first kappa shape index (κ1) is 14.8. The Labute approximate surface area is 116 Å². The molecule has 3 atom stereocenters. The van der Waals surface area contributed by atoms with Crippen molar-refractivity contribution in [2.45, 2.75) is 58.1 Å². The van der Waals surface area contributed by atoms with Crippen LogP contribution in [0.2, 0.25) is 0 Å². The van der Waals surface area contributed by atoms with E-state index in [1.807, 2.05) is 0 Å². The third-order valence-electron chi connectivity index (χ3n) is 5.37. The molecule has 1 aliphatic heterocycles. The van der Waals surface area contributed by atoms with Crippen LogP contribution < -0.4 is 10.6 Å². The molecule has 110 valence electrons. The van der Waals surface area contributed by atoms with Gasteiger partial charge in [-0.05, 0) is 38.6 Å². The molecule has 1 saturated heterocycles. The molecule has 1 saturated carbocycles. The molecule has 0 aromatic heterocycles. The van der Waals surface area contributed by atoms with Gasteiger partial charge in [0.1, 0.15) is 0 Å². The van der Waals surface area contributed by atoms with Crippen LogP contribution in [0.4, 0.5) is 0 Å². The fraction of sp³-hybridized carbons (Fsp3) is 0.933. The van der Waals surface area contributed by atoms with E-state index in [9.17, 15) is 4.79 Å². The zero-order chi connectivity index (χ0) is 13.9. The van der Waals surface area contributed by atoms with Crippen molar-refractivity contribution in [1.82, 2.24) is 10.6 Å². The van der Waals surface area contributed by atoms with Crippen molar-refractivity contribution in [3.63, 3.8) is 0 Å². The Morgan fingerprint density at radius 3 is 2.68 bits per heavy atom. The molecule has 2 N–H and O–H groups in total. The van der Waals surface area contributed by atoms with Crippen LogP contribution in [0.1, 0.15) is 46.0 Å². The first-order valence-electron chi connectivity index (χ1n) is 7.71. The standard InChI is InChI=1S/C15H28N2O2/c1-4-15(5-2)12(9-13(15)19-3)17-14(18)11-7-6-8-16-10-11/h11-13,16H,4-10H2,1-3H3,(H,17,18). The Morgan fingerprint density at radius 1 is 1.42 bits per heavy atom. The minimum absolute atomic E-state index is 0.145. The SMILES string of the molecule is CCC1(CC)C(NC(=O)C2CCCNC2)CC1OC. The van der Waals surface area contributed by atoms with Crippen molar-refractivity contribution < 1.29 is 9.53 Å². The lowest BCUT2D eigenvalue weighted by molar-refractivity contribution is -0.144. The summed E-state index contributed by atoms with van der Waals surface area (Å²) in [4.78, 5) is 12.3. The summed E-state index contributed by atoms with van der Waals surface area (Å²) >= 11 is 0. The van der Waals surface area contributed by atoms with Crippen LogP contribution in [-0.4, -0.2) is 38.3 Å². The van der Waals surface area contributed by atoms with Gasteiger partial charge in [0.25, 0.3) is 0 Å². The highest BCUT2D eigenvalue weighted by Gasteiger charge is 2.53. The summed E-state index contributed by atoms with van der Waals surface area (Å²) in [6, 6.07) is 0.293. The number of ether oxygens (including phenoxy) is 1. The number of piperidine rings is 1. The van der Waals surface area contributed by atoms with Gasteiger partial charge in [0.15, 0.2) is 0 Å². The highest BCUT2D eigenvalue weighted by Crippen LogP contribution is 2.48. The molecule has 1 aliphatic carbocycles. The highest BCUT2D eigenvalue weighted by atomic mass is 16.5. The zero-order valence-corrected chi connectivity index (χ0v) is 12.5. The average molecular weight is 268 g/mol. The molecule has 4 nitrogen and oxygen atoms in total. The molecule has 0 radical (unpaired) electrons. The van der Waals surface area contributed by atoms with Crippen molar-refractivity contribution in [2.75, 3.05) is 20.2 Å². The van der Waals surface area contributed by atoms with E-state index in [2.05, 4.69) is 24.5 Å². The van der Waals surface area contributed by atoms with Crippen LogP contribution in [0.5, 0.6) is 0 Å². The Kier molecular flexibility index (Phi) is 4.85. The molecule has 1 heterocycles. The van der Waals surface area contributed by atoms with Crippen molar-refractivity contribution >= 4 is 5.91 Å². The molecule has 1 amide bonds. The predicted octanol–water partition coefficient (Wildman–Crippen LogP) is 1.70. The summed E-state index contributed by atoms with van der Waals surface area (Å²) in [5, 5.41) is 6.59. The van der Waals surface area contributed by atoms with Crippen LogP contribution in [0, 0.1) is 11.3 Å². The number of methoxy groups -OCH3 is 1. The molecule has 0 spiro atoms. The Balaban J connectivity index is 1.93. The van der Waals surface area contributed by atoms with E-state index in [1.54, 1.807) is 7.11 Å². The lowest BCUT2D eigenvalue weighted by atomic mass is 9.58. The maximum absolute atomic E-state index is 12.3. The van der Waals surface area contributed by atoms with E-state index >= 15 is 0 Å². The van der Waals surface area contributed by atoms with Gasteiger partial charge in [0, 0.05) is 25.1 Å². The van der Waals surface area contributed by atoms with Crippen molar-refractivity contribution in [2.24, 2.45) is 11.3 Å². The summed E-state index contributed by atoms with van der Waals surface area (Å²) in [6.45, 7) is 6.29. The fourth-order valence-electron chi connectivity index (χ4n) is 3.84. The summed E-state index contributed by atoms with van der Waals surface area (Å²) in [6.07, 6.45) is 5.52. The lowest BCUT2D eigenvalue weighted by Gasteiger charge is -2.55. The second kappa shape index (κ2) is 6.23. The van der Waals surface area contributed by atoms with Gasteiger partial charge in [-0.2, -0.15) is 0 Å². The van der Waals surface area contributed by atoms with E-state index in [4.69, 9.17) is 4.74 Å². The van der Waals surface area contributed by atoms with Gasteiger partial charge in [-0.3, -0.25) is 4.79 Å². The van der Waals surface area contributed by atoms with E-state index in [0.29, 0.717) is 12.1 Å². The third kappa shape index (κ3) is 2.65. The first-order valence-corrected chi connectivity index (χ1v) is 7.71. The van der Waals surface area contributed by atoms with Crippen molar-refractivity contribution in [1.29, 1.82) is 0 Å². The molecule has 0 aromatic carbocycles. The largest absolute Gasteiger partial charge is 0.381 e. The van der Waals surface area contributed by atoms with Gasteiger partial charge < -0.3 is 15.4 Å². The highest BCUT2D eigenvalue weighted by molar-refractivity contribution is 5.79. The molecule has 0 aromatic rings. The minimum Gasteiger partial charge on any atom is -0.381 e. The molecule has 19 heavy (non-hydrogen) atoms. The molecule has 3 unspecified atom stereocenters. The van der Waals surface area contributed by atoms with E-state index in [1.165, 1.54) is 0 Å². The zero-order valence-electron chi connectivity index (χ0n) is 12.5. The van der Waals surface area contributed by atoms with Crippen LogP contribution in [0.3, 0.4) is 0 Å². The maximum atomic E-state index is 12.3. The molecule has 2 rings (SSSR count).